The van der Waals surface area contributed by atoms with Crippen molar-refractivity contribution in [2.75, 3.05) is 14.2 Å². The van der Waals surface area contributed by atoms with Crippen molar-refractivity contribution < 1.29 is 19.0 Å². The first kappa shape index (κ1) is 22.1. The summed E-state index contributed by atoms with van der Waals surface area (Å²) in [6.45, 7) is 4.11. The van der Waals surface area contributed by atoms with Gasteiger partial charge in [0.05, 0.1) is 24.3 Å². The zero-order valence-electron chi connectivity index (χ0n) is 17.4. The summed E-state index contributed by atoms with van der Waals surface area (Å²) < 4.78 is 16.7. The minimum absolute atomic E-state index is 0.00676. The summed E-state index contributed by atoms with van der Waals surface area (Å²) in [5.41, 5.74) is 2.89. The molecule has 29 heavy (non-hydrogen) atoms. The van der Waals surface area contributed by atoms with Gasteiger partial charge in [-0.05, 0) is 67.3 Å². The number of amides is 1. The normalized spacial score (nSPS) is 24.0. The monoisotopic (exact) mass is 437 g/mol. The highest BCUT2D eigenvalue weighted by molar-refractivity contribution is 7.79. The average Bonchev–Trinajstić information content (AvgIpc) is 2.98. The van der Waals surface area contributed by atoms with Crippen molar-refractivity contribution in [1.82, 2.24) is 5.32 Å². The van der Waals surface area contributed by atoms with Crippen molar-refractivity contribution in [1.29, 1.82) is 0 Å². The van der Waals surface area contributed by atoms with E-state index in [0.29, 0.717) is 16.4 Å². The van der Waals surface area contributed by atoms with Crippen LogP contribution >= 0.6 is 23.8 Å². The number of ether oxygens (including phenoxy) is 3. The van der Waals surface area contributed by atoms with Gasteiger partial charge in [0.2, 0.25) is 0 Å². The van der Waals surface area contributed by atoms with E-state index in [1.807, 2.05) is 12.1 Å². The number of aryl methyl sites for hydroxylation is 2. The van der Waals surface area contributed by atoms with Gasteiger partial charge >= 0.3 is 5.24 Å². The number of nitrogens with one attached hydrogen (secondary N) is 1. The largest absolute Gasteiger partial charge is 0.460 e. The number of rotatable bonds is 5. The van der Waals surface area contributed by atoms with Crippen molar-refractivity contribution in [2.24, 2.45) is 0 Å². The van der Waals surface area contributed by atoms with Crippen LogP contribution in [0.4, 0.5) is 0 Å². The van der Waals surface area contributed by atoms with Gasteiger partial charge in [-0.1, -0.05) is 25.4 Å². The van der Waals surface area contributed by atoms with Crippen LogP contribution in [0.3, 0.4) is 0 Å². The van der Waals surface area contributed by atoms with Crippen LogP contribution in [0, 0.1) is 0 Å². The minimum atomic E-state index is -0.598. The first-order chi connectivity index (χ1) is 13.9. The second-order valence-electron chi connectivity index (χ2n) is 7.54. The molecule has 0 radical (unpaired) electrons. The number of carbonyl (C=O) groups excluding carboxylic acids is 1. The minimum Gasteiger partial charge on any atom is -0.460 e. The fourth-order valence-electron chi connectivity index (χ4n) is 4.46. The van der Waals surface area contributed by atoms with Crippen molar-refractivity contribution in [3.05, 3.63) is 39.6 Å². The summed E-state index contributed by atoms with van der Waals surface area (Å²) in [6.07, 6.45) is 4.79. The van der Waals surface area contributed by atoms with Crippen LogP contribution in [0.2, 0.25) is 5.02 Å². The molecule has 1 aliphatic carbocycles. The predicted molar refractivity (Wildman–Crippen MR) is 118 cm³/mol. The Kier molecular flexibility index (Phi) is 6.87. The van der Waals surface area contributed by atoms with Crippen molar-refractivity contribution in [3.63, 3.8) is 0 Å². The van der Waals surface area contributed by atoms with Gasteiger partial charge in [0.15, 0.2) is 0 Å². The smallest absolute Gasteiger partial charge is 0.357 e. The Morgan fingerprint density at radius 2 is 1.79 bits per heavy atom. The molecule has 0 unspecified atom stereocenters. The fraction of sp³-hybridized carbons (Fsp3) is 0.545. The quantitative estimate of drug-likeness (QED) is 0.683. The van der Waals surface area contributed by atoms with E-state index in [2.05, 4.69) is 19.2 Å². The van der Waals surface area contributed by atoms with E-state index in [9.17, 15) is 4.79 Å². The Labute approximate surface area is 182 Å². The third-order valence-corrected chi connectivity index (χ3v) is 6.46. The Morgan fingerprint density at radius 1 is 1.21 bits per heavy atom. The molecule has 0 bridgehead atoms. The molecule has 5 nitrogen and oxygen atoms in total. The molecule has 0 atom stereocenters. The molecule has 0 aromatic heterocycles. The number of methoxy groups -OCH3 is 2. The first-order valence-electron chi connectivity index (χ1n) is 10.1. The Bertz CT molecular complexity index is 818. The Hall–Kier alpha value is -1.63. The van der Waals surface area contributed by atoms with Crippen molar-refractivity contribution in [2.45, 2.75) is 64.0 Å². The molecule has 1 saturated carbocycles. The molecule has 3 rings (SSSR count). The molecule has 1 N–H and O–H groups in total. The van der Waals surface area contributed by atoms with Crippen LogP contribution in [0.15, 0.2) is 17.9 Å². The third-order valence-electron chi connectivity index (χ3n) is 5.99. The number of hydrogen-bond donors (Lipinski definition) is 1. The number of halogens is 1. The van der Waals surface area contributed by atoms with E-state index in [-0.39, 0.29) is 17.2 Å². The lowest BCUT2D eigenvalue weighted by Gasteiger charge is -2.37. The molecule has 1 aromatic rings. The zero-order valence-corrected chi connectivity index (χ0v) is 19.0. The number of hydrogen-bond acceptors (Lipinski definition) is 5. The third kappa shape index (κ3) is 4.16. The second-order valence-corrected chi connectivity index (χ2v) is 8.31. The van der Waals surface area contributed by atoms with Crippen LogP contribution in [-0.2, 0) is 31.8 Å². The van der Waals surface area contributed by atoms with Crippen molar-refractivity contribution >= 4 is 40.5 Å². The van der Waals surface area contributed by atoms with Gasteiger partial charge in [-0.3, -0.25) is 4.79 Å². The summed E-state index contributed by atoms with van der Waals surface area (Å²) in [7, 11) is 3.20. The summed E-state index contributed by atoms with van der Waals surface area (Å²) in [4.78, 5) is 13.3. The van der Waals surface area contributed by atoms with Crippen LogP contribution < -0.4 is 5.32 Å². The lowest BCUT2D eigenvalue weighted by molar-refractivity contribution is -0.116. The van der Waals surface area contributed by atoms with Crippen LogP contribution in [0.1, 0.15) is 56.2 Å². The highest BCUT2D eigenvalue weighted by Gasteiger charge is 2.50. The zero-order chi connectivity index (χ0) is 21.2. The standard InChI is InChI=1S/C22H28ClNO4S/c1-5-13-11-15(23)12-14(6-2)17(13)18-19(28-21(29)27-4)22(24-20(18)25)9-7-16(26-3)8-10-22/h11-12,16H,5-10H2,1-4H3,(H,24,25). The molecule has 0 saturated heterocycles. The molecular weight excluding hydrogens is 410 g/mol. The first-order valence-corrected chi connectivity index (χ1v) is 10.8. The number of benzene rings is 1. The summed E-state index contributed by atoms with van der Waals surface area (Å²) >= 11 is 11.5. The highest BCUT2D eigenvalue weighted by Crippen LogP contribution is 2.45. The molecular formula is C22H28ClNO4S. The molecule has 1 amide bonds. The van der Waals surface area contributed by atoms with E-state index < -0.39 is 5.54 Å². The molecule has 1 fully saturated rings. The topological polar surface area (TPSA) is 56.8 Å². The van der Waals surface area contributed by atoms with Gasteiger partial charge in [-0.25, -0.2) is 0 Å². The molecule has 158 valence electrons. The van der Waals surface area contributed by atoms with Crippen LogP contribution in [0.25, 0.3) is 5.57 Å². The Balaban J connectivity index is 2.20. The van der Waals surface area contributed by atoms with Gasteiger partial charge in [0.25, 0.3) is 5.91 Å². The summed E-state index contributed by atoms with van der Waals surface area (Å²) in [5.74, 6) is 0.428. The number of thiocarbonyl (C=S) groups is 1. The van der Waals surface area contributed by atoms with Gasteiger partial charge < -0.3 is 19.5 Å². The molecule has 2 aliphatic rings. The fourth-order valence-corrected chi connectivity index (χ4v) is 4.80. The predicted octanol–water partition coefficient (Wildman–Crippen LogP) is 4.58. The molecule has 7 heteroatoms. The van der Waals surface area contributed by atoms with E-state index in [0.717, 1.165) is 55.2 Å². The lowest BCUT2D eigenvalue weighted by atomic mass is 9.78. The summed E-state index contributed by atoms with van der Waals surface area (Å²) in [5, 5.41) is 3.90. The lowest BCUT2D eigenvalue weighted by Crippen LogP contribution is -2.49. The molecule has 1 spiro atoms. The second kappa shape index (κ2) is 9.02. The van der Waals surface area contributed by atoms with Gasteiger partial charge in [0.1, 0.15) is 5.76 Å². The SMILES string of the molecule is CCc1cc(Cl)cc(CC)c1C1=C(OC(=S)OC)C2(CCC(OC)CC2)NC1=O. The Morgan fingerprint density at radius 3 is 2.28 bits per heavy atom. The highest BCUT2D eigenvalue weighted by atomic mass is 35.5. The van der Waals surface area contributed by atoms with Crippen LogP contribution in [0.5, 0.6) is 0 Å². The maximum absolute atomic E-state index is 13.3. The van der Waals surface area contributed by atoms with E-state index in [4.69, 9.17) is 38.0 Å². The van der Waals surface area contributed by atoms with Crippen molar-refractivity contribution in [3.8, 4) is 0 Å². The summed E-state index contributed by atoms with van der Waals surface area (Å²) in [6, 6.07) is 3.85. The molecule has 1 heterocycles. The van der Waals surface area contributed by atoms with Gasteiger partial charge in [-0.2, -0.15) is 0 Å². The van der Waals surface area contributed by atoms with E-state index >= 15 is 0 Å². The number of carbonyl (C=O) groups is 1. The average molecular weight is 438 g/mol. The molecule has 1 aliphatic heterocycles. The molecule has 1 aromatic carbocycles. The maximum atomic E-state index is 13.3. The van der Waals surface area contributed by atoms with Gasteiger partial charge in [-0.15, -0.1) is 0 Å². The van der Waals surface area contributed by atoms with E-state index in [1.165, 1.54) is 7.11 Å². The maximum Gasteiger partial charge on any atom is 0.357 e. The van der Waals surface area contributed by atoms with Crippen LogP contribution in [-0.4, -0.2) is 37.0 Å². The van der Waals surface area contributed by atoms with Gasteiger partial charge in [0, 0.05) is 24.4 Å². The van der Waals surface area contributed by atoms with E-state index in [1.54, 1.807) is 7.11 Å².